The summed E-state index contributed by atoms with van der Waals surface area (Å²) in [6.45, 7) is 3.18. The molecule has 21 heavy (non-hydrogen) atoms. The number of hydrogen-bond donors (Lipinski definition) is 3. The zero-order valence-electron chi connectivity index (χ0n) is 12.4. The lowest BCUT2D eigenvalue weighted by Gasteiger charge is -2.18. The third kappa shape index (κ3) is 4.20. The lowest BCUT2D eigenvalue weighted by atomic mass is 10.1. The van der Waals surface area contributed by atoms with Crippen molar-refractivity contribution in [1.29, 1.82) is 0 Å². The first-order valence-electron chi connectivity index (χ1n) is 6.35. The third-order valence-electron chi connectivity index (χ3n) is 2.97. The van der Waals surface area contributed by atoms with Gasteiger partial charge in [-0.3, -0.25) is 4.79 Å². The van der Waals surface area contributed by atoms with Crippen LogP contribution >= 0.6 is 0 Å². The number of carboxylic acids is 1. The number of urea groups is 1. The van der Waals surface area contributed by atoms with Crippen molar-refractivity contribution < 1.29 is 19.5 Å². The van der Waals surface area contributed by atoms with E-state index >= 15 is 0 Å². The van der Waals surface area contributed by atoms with Gasteiger partial charge in [0.25, 0.3) is 0 Å². The molecule has 0 bridgehead atoms. The highest BCUT2D eigenvalue weighted by molar-refractivity contribution is 5.97. The number of hydrogen-bond acceptors (Lipinski definition) is 3. The molecule has 0 radical (unpaired) electrons. The van der Waals surface area contributed by atoms with E-state index in [-0.39, 0.29) is 11.5 Å². The SMILES string of the molecule is Cc1c(NC(=O)NC(C)C(=O)N(C)C)cccc1C(=O)O. The van der Waals surface area contributed by atoms with Crippen LogP contribution in [-0.4, -0.2) is 48.1 Å². The maximum Gasteiger partial charge on any atom is 0.336 e. The topological polar surface area (TPSA) is 98.7 Å². The fourth-order valence-electron chi connectivity index (χ4n) is 1.81. The number of benzene rings is 1. The van der Waals surface area contributed by atoms with E-state index in [2.05, 4.69) is 10.6 Å². The second-order valence-electron chi connectivity index (χ2n) is 4.84. The molecule has 1 aromatic rings. The molecular weight excluding hydrogens is 274 g/mol. The molecule has 0 aliphatic heterocycles. The van der Waals surface area contributed by atoms with Crippen LogP contribution < -0.4 is 10.6 Å². The molecule has 0 spiro atoms. The molecule has 0 fully saturated rings. The van der Waals surface area contributed by atoms with Crippen molar-refractivity contribution in [3.05, 3.63) is 29.3 Å². The van der Waals surface area contributed by atoms with Gasteiger partial charge in [-0.05, 0) is 31.5 Å². The number of rotatable bonds is 4. The van der Waals surface area contributed by atoms with Crippen molar-refractivity contribution >= 4 is 23.6 Å². The lowest BCUT2D eigenvalue weighted by Crippen LogP contribution is -2.45. The first kappa shape index (κ1) is 16.5. The van der Waals surface area contributed by atoms with Gasteiger partial charge in [-0.2, -0.15) is 0 Å². The Hall–Kier alpha value is -2.57. The molecule has 0 saturated heterocycles. The zero-order valence-corrected chi connectivity index (χ0v) is 12.4. The number of likely N-dealkylation sites (N-methyl/N-ethyl adjacent to an activating group) is 1. The molecule has 7 heteroatoms. The Morgan fingerprint density at radius 1 is 1.24 bits per heavy atom. The standard InChI is InChI=1S/C14H19N3O4/c1-8-10(13(19)20)6-5-7-11(8)16-14(21)15-9(2)12(18)17(3)4/h5-7,9H,1-4H3,(H,19,20)(H2,15,16,21). The number of carbonyl (C=O) groups is 3. The summed E-state index contributed by atoms with van der Waals surface area (Å²) in [5, 5.41) is 14.1. The van der Waals surface area contributed by atoms with Gasteiger partial charge in [-0.1, -0.05) is 6.07 Å². The van der Waals surface area contributed by atoms with E-state index in [0.29, 0.717) is 11.3 Å². The van der Waals surface area contributed by atoms with Gasteiger partial charge in [0, 0.05) is 19.8 Å². The summed E-state index contributed by atoms with van der Waals surface area (Å²) in [4.78, 5) is 35.9. The third-order valence-corrected chi connectivity index (χ3v) is 2.97. The van der Waals surface area contributed by atoms with E-state index in [1.165, 1.54) is 11.0 Å². The van der Waals surface area contributed by atoms with E-state index in [9.17, 15) is 14.4 Å². The maximum absolute atomic E-state index is 11.8. The molecule has 0 aliphatic carbocycles. The van der Waals surface area contributed by atoms with E-state index in [1.807, 2.05) is 0 Å². The van der Waals surface area contributed by atoms with Crippen molar-refractivity contribution in [1.82, 2.24) is 10.2 Å². The fourth-order valence-corrected chi connectivity index (χ4v) is 1.81. The van der Waals surface area contributed by atoms with E-state index in [4.69, 9.17) is 5.11 Å². The smallest absolute Gasteiger partial charge is 0.336 e. The van der Waals surface area contributed by atoms with Gasteiger partial charge >= 0.3 is 12.0 Å². The molecule has 114 valence electrons. The Labute approximate surface area is 122 Å². The average Bonchev–Trinajstić information content (AvgIpc) is 2.39. The van der Waals surface area contributed by atoms with Gasteiger partial charge in [0.15, 0.2) is 0 Å². The van der Waals surface area contributed by atoms with Crippen LogP contribution in [0.15, 0.2) is 18.2 Å². The minimum absolute atomic E-state index is 0.116. The van der Waals surface area contributed by atoms with E-state index < -0.39 is 18.0 Å². The maximum atomic E-state index is 11.8. The summed E-state index contributed by atoms with van der Waals surface area (Å²) in [6, 6.07) is 3.35. The largest absolute Gasteiger partial charge is 0.478 e. The van der Waals surface area contributed by atoms with E-state index in [1.54, 1.807) is 40.1 Å². The van der Waals surface area contributed by atoms with Crippen LogP contribution in [0, 0.1) is 6.92 Å². The number of anilines is 1. The molecule has 0 heterocycles. The van der Waals surface area contributed by atoms with Gasteiger partial charge in [0.05, 0.1) is 5.56 Å². The molecule has 1 rings (SSSR count). The Balaban J connectivity index is 2.78. The minimum Gasteiger partial charge on any atom is -0.478 e. The Bertz CT molecular complexity index is 569. The molecule has 1 aromatic carbocycles. The lowest BCUT2D eigenvalue weighted by molar-refractivity contribution is -0.130. The number of amides is 3. The highest BCUT2D eigenvalue weighted by atomic mass is 16.4. The molecular formula is C14H19N3O4. The second-order valence-corrected chi connectivity index (χ2v) is 4.84. The van der Waals surface area contributed by atoms with Crippen molar-refractivity contribution in [2.75, 3.05) is 19.4 Å². The summed E-state index contributed by atoms with van der Waals surface area (Å²) in [5.74, 6) is -1.30. The number of aromatic carboxylic acids is 1. The highest BCUT2D eigenvalue weighted by Crippen LogP contribution is 2.18. The quantitative estimate of drug-likeness (QED) is 0.779. The van der Waals surface area contributed by atoms with E-state index in [0.717, 1.165) is 0 Å². The first-order valence-corrected chi connectivity index (χ1v) is 6.35. The van der Waals surface area contributed by atoms with Crippen LogP contribution in [-0.2, 0) is 4.79 Å². The monoisotopic (exact) mass is 293 g/mol. The van der Waals surface area contributed by atoms with Gasteiger partial charge < -0.3 is 20.6 Å². The average molecular weight is 293 g/mol. The second kappa shape index (κ2) is 6.74. The van der Waals surface area contributed by atoms with Gasteiger partial charge in [0.1, 0.15) is 6.04 Å². The first-order chi connectivity index (χ1) is 9.73. The summed E-state index contributed by atoms with van der Waals surface area (Å²) in [5.41, 5.74) is 0.953. The summed E-state index contributed by atoms with van der Waals surface area (Å²) in [7, 11) is 3.19. The van der Waals surface area contributed by atoms with Crippen LogP contribution in [0.5, 0.6) is 0 Å². The summed E-state index contributed by atoms with van der Waals surface area (Å²) < 4.78 is 0. The molecule has 1 unspecified atom stereocenters. The molecule has 1 atom stereocenters. The van der Waals surface area contributed by atoms with Gasteiger partial charge in [-0.15, -0.1) is 0 Å². The predicted molar refractivity (Wildman–Crippen MR) is 78.4 cm³/mol. The fraction of sp³-hybridized carbons (Fsp3) is 0.357. The molecule has 0 aliphatic rings. The van der Waals surface area contributed by atoms with Crippen LogP contribution in [0.4, 0.5) is 10.5 Å². The molecule has 0 saturated carbocycles. The van der Waals surface area contributed by atoms with Crippen LogP contribution in [0.3, 0.4) is 0 Å². The molecule has 0 aromatic heterocycles. The Morgan fingerprint density at radius 3 is 2.38 bits per heavy atom. The van der Waals surface area contributed by atoms with Crippen molar-refractivity contribution in [2.24, 2.45) is 0 Å². The Kier molecular flexibility index (Phi) is 5.29. The van der Waals surface area contributed by atoms with Gasteiger partial charge in [-0.25, -0.2) is 9.59 Å². The number of carbonyl (C=O) groups excluding carboxylic acids is 2. The minimum atomic E-state index is -1.06. The number of nitrogens with one attached hydrogen (secondary N) is 2. The summed E-state index contributed by atoms with van der Waals surface area (Å²) in [6.07, 6.45) is 0. The normalized spacial score (nSPS) is 11.4. The van der Waals surface area contributed by atoms with Crippen LogP contribution in [0.25, 0.3) is 0 Å². The van der Waals surface area contributed by atoms with Crippen molar-refractivity contribution in [3.8, 4) is 0 Å². The summed E-state index contributed by atoms with van der Waals surface area (Å²) >= 11 is 0. The van der Waals surface area contributed by atoms with Gasteiger partial charge in [0.2, 0.25) is 5.91 Å². The number of nitrogens with zero attached hydrogens (tertiary/aromatic N) is 1. The Morgan fingerprint density at radius 2 is 1.86 bits per heavy atom. The molecule has 3 N–H and O–H groups in total. The predicted octanol–water partition coefficient (Wildman–Crippen LogP) is 1.29. The van der Waals surface area contributed by atoms with Crippen molar-refractivity contribution in [3.63, 3.8) is 0 Å². The highest BCUT2D eigenvalue weighted by Gasteiger charge is 2.18. The van der Waals surface area contributed by atoms with Crippen molar-refractivity contribution in [2.45, 2.75) is 19.9 Å². The number of carboxylic acid groups (broad SMARTS) is 1. The van der Waals surface area contributed by atoms with Crippen LogP contribution in [0.1, 0.15) is 22.8 Å². The molecule has 3 amide bonds. The zero-order chi connectivity index (χ0) is 16.2. The van der Waals surface area contributed by atoms with Crippen LogP contribution in [0.2, 0.25) is 0 Å². The molecule has 7 nitrogen and oxygen atoms in total.